The number of hydrogen-bond donors (Lipinski definition) is 0. The van der Waals surface area contributed by atoms with Gasteiger partial charge in [0.1, 0.15) is 5.38 Å². The van der Waals surface area contributed by atoms with Gasteiger partial charge in [-0.1, -0.05) is 11.6 Å². The van der Waals surface area contributed by atoms with E-state index in [1.807, 2.05) is 0 Å². The molecule has 0 aromatic heterocycles. The van der Waals surface area contributed by atoms with Crippen molar-refractivity contribution in [1.29, 1.82) is 0 Å². The summed E-state index contributed by atoms with van der Waals surface area (Å²) in [6.07, 6.45) is 0.488. The Labute approximate surface area is 56.7 Å². The Kier molecular flexibility index (Phi) is 1.66. The molecule has 2 atom stereocenters. The summed E-state index contributed by atoms with van der Waals surface area (Å²) < 4.78 is 16.8. The zero-order valence-electron chi connectivity index (χ0n) is 4.03. The molecule has 0 N–H and O–H groups in total. The molecule has 1 aliphatic rings. The molecule has 0 saturated carbocycles. The minimum Gasteiger partial charge on any atom is -0.333 e. The molecule has 0 radical (unpaired) electrons. The van der Waals surface area contributed by atoms with Gasteiger partial charge in [0.05, 0.1) is 6.61 Å². The van der Waals surface area contributed by atoms with E-state index in [9.17, 15) is 4.39 Å². The van der Waals surface area contributed by atoms with Gasteiger partial charge < -0.3 is 4.74 Å². The molecule has 48 valence electrons. The maximum atomic E-state index is 12.4. The summed E-state index contributed by atoms with van der Waals surface area (Å²) in [5.74, 6) is 0. The molecule has 4 heteroatoms. The van der Waals surface area contributed by atoms with Crippen LogP contribution in [0.1, 0.15) is 6.42 Å². The fourth-order valence-electron chi connectivity index (χ4n) is 0.557. The summed E-state index contributed by atoms with van der Waals surface area (Å²) in [5, 5.41) is -2.80. The summed E-state index contributed by atoms with van der Waals surface area (Å²) in [4.78, 5) is 0. The molecule has 0 spiro atoms. The Balaban J connectivity index is 2.54. The fraction of sp³-hybridized carbons (Fsp3) is 1.00. The first-order chi connectivity index (χ1) is 3.63. The van der Waals surface area contributed by atoms with Crippen molar-refractivity contribution < 1.29 is 9.13 Å². The summed E-state index contributed by atoms with van der Waals surface area (Å²) >= 11 is 10.5. The van der Waals surface area contributed by atoms with Crippen LogP contribution >= 0.6 is 23.2 Å². The standard InChI is InChI=1S/C4H5Cl2FO/c5-3-1-2-8-4(3,6)7/h3H,1-2H2. The van der Waals surface area contributed by atoms with Crippen LogP contribution in [0.3, 0.4) is 0 Å². The van der Waals surface area contributed by atoms with Crippen LogP contribution in [0.2, 0.25) is 0 Å². The highest BCUT2D eigenvalue weighted by molar-refractivity contribution is 6.31. The number of alkyl halides is 3. The van der Waals surface area contributed by atoms with E-state index < -0.39 is 10.7 Å². The van der Waals surface area contributed by atoms with Crippen molar-refractivity contribution in [2.24, 2.45) is 0 Å². The van der Waals surface area contributed by atoms with E-state index in [4.69, 9.17) is 23.2 Å². The van der Waals surface area contributed by atoms with Crippen LogP contribution in [-0.4, -0.2) is 17.3 Å². The van der Waals surface area contributed by atoms with Gasteiger partial charge in [0.2, 0.25) is 0 Å². The van der Waals surface area contributed by atoms with Crippen molar-refractivity contribution in [3.63, 3.8) is 0 Å². The van der Waals surface area contributed by atoms with Crippen molar-refractivity contribution in [1.82, 2.24) is 0 Å². The summed E-state index contributed by atoms with van der Waals surface area (Å²) in [5.41, 5.74) is 0. The molecule has 0 aromatic rings. The third-order valence-electron chi connectivity index (χ3n) is 1.03. The number of hydrogen-bond acceptors (Lipinski definition) is 1. The van der Waals surface area contributed by atoms with E-state index >= 15 is 0 Å². The normalized spacial score (nSPS) is 47.6. The summed E-state index contributed by atoms with van der Waals surface area (Å²) in [6, 6.07) is 0. The van der Waals surface area contributed by atoms with Crippen molar-refractivity contribution >= 4 is 23.2 Å². The Bertz CT molecular complexity index is 96.0. The van der Waals surface area contributed by atoms with Gasteiger partial charge in [-0.05, 0) is 6.42 Å². The van der Waals surface area contributed by atoms with E-state index in [0.717, 1.165) is 0 Å². The molecule has 1 aliphatic heterocycles. The van der Waals surface area contributed by atoms with Crippen molar-refractivity contribution in [3.05, 3.63) is 0 Å². The van der Waals surface area contributed by atoms with Gasteiger partial charge in [0, 0.05) is 0 Å². The average Bonchev–Trinajstić information content (AvgIpc) is 1.86. The predicted molar refractivity (Wildman–Crippen MR) is 29.9 cm³/mol. The lowest BCUT2D eigenvalue weighted by Crippen LogP contribution is -2.21. The molecule has 8 heavy (non-hydrogen) atoms. The van der Waals surface area contributed by atoms with Gasteiger partial charge in [-0.2, -0.15) is 4.39 Å². The first-order valence-electron chi connectivity index (χ1n) is 2.29. The van der Waals surface area contributed by atoms with E-state index in [1.54, 1.807) is 0 Å². The minimum atomic E-state index is -2.11. The molecule has 0 aromatic carbocycles. The fourth-order valence-corrected chi connectivity index (χ4v) is 0.895. The van der Waals surface area contributed by atoms with Crippen LogP contribution < -0.4 is 0 Å². The lowest BCUT2D eigenvalue weighted by atomic mass is 10.4. The smallest absolute Gasteiger partial charge is 0.303 e. The van der Waals surface area contributed by atoms with Gasteiger partial charge in [-0.25, -0.2) is 0 Å². The van der Waals surface area contributed by atoms with Crippen molar-refractivity contribution in [3.8, 4) is 0 Å². The highest BCUT2D eigenvalue weighted by Gasteiger charge is 2.41. The average molecular weight is 159 g/mol. The van der Waals surface area contributed by atoms with E-state index in [0.29, 0.717) is 13.0 Å². The van der Waals surface area contributed by atoms with Crippen LogP contribution in [0.15, 0.2) is 0 Å². The zero-order valence-corrected chi connectivity index (χ0v) is 5.55. The van der Waals surface area contributed by atoms with Gasteiger partial charge in [-0.3, -0.25) is 0 Å². The maximum absolute atomic E-state index is 12.4. The Morgan fingerprint density at radius 2 is 2.38 bits per heavy atom. The first kappa shape index (κ1) is 6.59. The molecule has 1 fully saturated rings. The van der Waals surface area contributed by atoms with Crippen molar-refractivity contribution in [2.75, 3.05) is 6.61 Å². The molecule has 1 heterocycles. The Morgan fingerprint density at radius 1 is 1.75 bits per heavy atom. The zero-order chi connectivity index (χ0) is 6.20. The second kappa shape index (κ2) is 2.01. The van der Waals surface area contributed by atoms with E-state index in [2.05, 4.69) is 4.74 Å². The minimum absolute atomic E-state index is 0.314. The predicted octanol–water partition coefficient (Wildman–Crippen LogP) is 1.88. The molecule has 2 unspecified atom stereocenters. The lowest BCUT2D eigenvalue weighted by Gasteiger charge is -2.11. The van der Waals surface area contributed by atoms with Gasteiger partial charge in [-0.15, -0.1) is 11.6 Å². The van der Waals surface area contributed by atoms with Crippen LogP contribution in [0.25, 0.3) is 0 Å². The van der Waals surface area contributed by atoms with E-state index in [-0.39, 0.29) is 0 Å². The highest BCUT2D eigenvalue weighted by atomic mass is 35.5. The van der Waals surface area contributed by atoms with E-state index in [1.165, 1.54) is 0 Å². The number of ether oxygens (including phenoxy) is 1. The lowest BCUT2D eigenvalue weighted by molar-refractivity contribution is -0.0294. The molecule has 0 aliphatic carbocycles. The largest absolute Gasteiger partial charge is 0.333 e. The first-order valence-corrected chi connectivity index (χ1v) is 3.10. The van der Waals surface area contributed by atoms with Crippen molar-refractivity contribution in [2.45, 2.75) is 17.1 Å². The Morgan fingerprint density at radius 3 is 2.50 bits per heavy atom. The third-order valence-corrected chi connectivity index (χ3v) is 2.01. The number of halogens is 3. The molecule has 1 rings (SSSR count). The molecular formula is C4H5Cl2FO. The van der Waals surface area contributed by atoms with Crippen LogP contribution in [0, 0.1) is 0 Å². The molecule has 0 bridgehead atoms. The SMILES string of the molecule is FC1(Cl)OCCC1Cl. The molecule has 0 amide bonds. The Hall–Kier alpha value is 0.470. The van der Waals surface area contributed by atoms with Crippen LogP contribution in [0.5, 0.6) is 0 Å². The second-order valence-electron chi connectivity index (χ2n) is 1.67. The monoisotopic (exact) mass is 158 g/mol. The van der Waals surface area contributed by atoms with Gasteiger partial charge in [0.15, 0.2) is 0 Å². The van der Waals surface area contributed by atoms with Crippen LogP contribution in [0.4, 0.5) is 4.39 Å². The third kappa shape index (κ3) is 1.07. The summed E-state index contributed by atoms with van der Waals surface area (Å²) in [6.45, 7) is 0.314. The molecule has 1 saturated heterocycles. The quantitative estimate of drug-likeness (QED) is 0.490. The number of rotatable bonds is 0. The maximum Gasteiger partial charge on any atom is 0.303 e. The summed E-state index contributed by atoms with van der Waals surface area (Å²) in [7, 11) is 0. The highest BCUT2D eigenvalue weighted by Crippen LogP contribution is 2.35. The second-order valence-corrected chi connectivity index (χ2v) is 2.71. The topological polar surface area (TPSA) is 9.23 Å². The molecular weight excluding hydrogens is 154 g/mol. The van der Waals surface area contributed by atoms with Crippen LogP contribution in [-0.2, 0) is 4.74 Å². The van der Waals surface area contributed by atoms with Gasteiger partial charge >= 0.3 is 5.31 Å². The molecule has 1 nitrogen and oxygen atoms in total. The van der Waals surface area contributed by atoms with Gasteiger partial charge in [0.25, 0.3) is 0 Å².